The van der Waals surface area contributed by atoms with Gasteiger partial charge in [0.2, 0.25) is 0 Å². The van der Waals surface area contributed by atoms with Crippen LogP contribution < -0.4 is 16.8 Å². The predicted octanol–water partition coefficient (Wildman–Crippen LogP) is 2.02. The van der Waals surface area contributed by atoms with Gasteiger partial charge in [-0.25, -0.2) is 0 Å². The van der Waals surface area contributed by atoms with E-state index < -0.39 is 0 Å². The molecule has 0 saturated heterocycles. The van der Waals surface area contributed by atoms with Crippen molar-refractivity contribution < 1.29 is 4.79 Å². The van der Waals surface area contributed by atoms with Crippen LogP contribution in [0.5, 0.6) is 0 Å². The van der Waals surface area contributed by atoms with Crippen molar-refractivity contribution in [3.05, 3.63) is 23.8 Å². The minimum atomic E-state index is -0.147. The second kappa shape index (κ2) is 5.08. The number of nitrogen functional groups attached to an aromatic ring is 2. The van der Waals surface area contributed by atoms with Gasteiger partial charge in [-0.3, -0.25) is 4.79 Å². The summed E-state index contributed by atoms with van der Waals surface area (Å²) in [5.74, 6) is -0.147. The number of benzene rings is 1. The molecule has 0 fully saturated rings. The van der Waals surface area contributed by atoms with Gasteiger partial charge in [-0.15, -0.1) is 0 Å². The van der Waals surface area contributed by atoms with Crippen LogP contribution in [0, 0.1) is 5.41 Å². The quantitative estimate of drug-likeness (QED) is 0.701. The first-order chi connectivity index (χ1) is 7.79. The number of carbonyl (C=O) groups is 1. The Balaban J connectivity index is 2.59. The van der Waals surface area contributed by atoms with Crippen molar-refractivity contribution in [1.29, 1.82) is 0 Å². The molecule has 4 nitrogen and oxygen atoms in total. The summed E-state index contributed by atoms with van der Waals surface area (Å²) in [4.78, 5) is 11.8. The Bertz CT molecular complexity index is 408. The van der Waals surface area contributed by atoms with Gasteiger partial charge in [0.1, 0.15) is 0 Å². The number of nitrogens with one attached hydrogen (secondary N) is 1. The van der Waals surface area contributed by atoms with Gasteiger partial charge in [0, 0.05) is 17.9 Å². The summed E-state index contributed by atoms with van der Waals surface area (Å²) in [7, 11) is 0. The van der Waals surface area contributed by atoms with Crippen molar-refractivity contribution in [3.8, 4) is 0 Å². The summed E-state index contributed by atoms with van der Waals surface area (Å²) in [5.41, 5.74) is 13.0. The molecule has 0 unspecified atom stereocenters. The number of amides is 1. The van der Waals surface area contributed by atoms with Crippen LogP contribution in [0.3, 0.4) is 0 Å². The molecule has 1 rings (SSSR count). The first-order valence-corrected chi connectivity index (χ1v) is 5.73. The Labute approximate surface area is 102 Å². The van der Waals surface area contributed by atoms with Crippen LogP contribution in [0.1, 0.15) is 37.6 Å². The molecule has 94 valence electrons. The molecule has 0 aliphatic carbocycles. The highest BCUT2D eigenvalue weighted by atomic mass is 16.1. The number of hydrogen-bond acceptors (Lipinski definition) is 3. The lowest BCUT2D eigenvalue weighted by Crippen LogP contribution is -2.27. The fourth-order valence-corrected chi connectivity index (χ4v) is 1.43. The van der Waals surface area contributed by atoms with Gasteiger partial charge in [0.15, 0.2) is 0 Å². The maximum absolute atomic E-state index is 11.8. The van der Waals surface area contributed by atoms with Crippen molar-refractivity contribution in [2.45, 2.75) is 27.2 Å². The molecular formula is C13H21N3O. The highest BCUT2D eigenvalue weighted by molar-refractivity contribution is 5.99. The number of nitrogens with two attached hydrogens (primary N) is 2. The molecule has 0 atom stereocenters. The van der Waals surface area contributed by atoms with Crippen LogP contribution >= 0.6 is 0 Å². The predicted molar refractivity (Wildman–Crippen MR) is 71.7 cm³/mol. The average Bonchev–Trinajstić information content (AvgIpc) is 2.15. The molecule has 1 aromatic carbocycles. The first kappa shape index (κ1) is 13.4. The average molecular weight is 235 g/mol. The topological polar surface area (TPSA) is 81.1 Å². The molecule has 4 heteroatoms. The maximum atomic E-state index is 11.8. The van der Waals surface area contributed by atoms with Crippen LogP contribution in [0.2, 0.25) is 0 Å². The second-order valence-corrected chi connectivity index (χ2v) is 5.41. The number of anilines is 2. The van der Waals surface area contributed by atoms with Crippen molar-refractivity contribution in [2.75, 3.05) is 18.0 Å². The smallest absolute Gasteiger partial charge is 0.253 e. The van der Waals surface area contributed by atoms with Crippen LogP contribution in [0.4, 0.5) is 11.4 Å². The summed E-state index contributed by atoms with van der Waals surface area (Å²) < 4.78 is 0. The van der Waals surface area contributed by atoms with Crippen molar-refractivity contribution >= 4 is 17.3 Å². The van der Waals surface area contributed by atoms with Gasteiger partial charge in [0.05, 0.1) is 5.56 Å². The number of rotatable bonds is 3. The number of hydrogen-bond donors (Lipinski definition) is 3. The lowest BCUT2D eigenvalue weighted by Gasteiger charge is -2.18. The molecule has 0 spiro atoms. The molecule has 0 aliphatic rings. The molecule has 0 saturated carbocycles. The lowest BCUT2D eigenvalue weighted by atomic mass is 9.92. The molecule has 0 aliphatic heterocycles. The Morgan fingerprint density at radius 3 is 2.47 bits per heavy atom. The van der Waals surface area contributed by atoms with Gasteiger partial charge < -0.3 is 16.8 Å². The fraction of sp³-hybridized carbons (Fsp3) is 0.462. The van der Waals surface area contributed by atoms with E-state index in [9.17, 15) is 4.79 Å². The van der Waals surface area contributed by atoms with Gasteiger partial charge in [-0.05, 0) is 30.0 Å². The van der Waals surface area contributed by atoms with Crippen molar-refractivity contribution in [2.24, 2.45) is 5.41 Å². The molecule has 0 bridgehead atoms. The third kappa shape index (κ3) is 4.34. The molecule has 1 aromatic rings. The minimum Gasteiger partial charge on any atom is -0.399 e. The van der Waals surface area contributed by atoms with Crippen molar-refractivity contribution in [3.63, 3.8) is 0 Å². The van der Waals surface area contributed by atoms with Crippen molar-refractivity contribution in [1.82, 2.24) is 5.32 Å². The molecule has 0 heterocycles. The lowest BCUT2D eigenvalue weighted by molar-refractivity contribution is 0.0950. The van der Waals surface area contributed by atoms with Crippen LogP contribution in [0.15, 0.2) is 18.2 Å². The second-order valence-electron chi connectivity index (χ2n) is 5.41. The van der Waals surface area contributed by atoms with Crippen LogP contribution in [-0.2, 0) is 0 Å². The molecule has 5 N–H and O–H groups in total. The summed E-state index contributed by atoms with van der Waals surface area (Å²) in [6, 6.07) is 4.92. The maximum Gasteiger partial charge on any atom is 0.253 e. The largest absolute Gasteiger partial charge is 0.399 e. The number of carbonyl (C=O) groups excluding carboxylic acids is 1. The minimum absolute atomic E-state index is 0.147. The third-order valence-electron chi connectivity index (χ3n) is 2.48. The highest BCUT2D eigenvalue weighted by Crippen LogP contribution is 2.18. The summed E-state index contributed by atoms with van der Waals surface area (Å²) >= 11 is 0. The molecular weight excluding hydrogens is 214 g/mol. The van der Waals surface area contributed by atoms with E-state index >= 15 is 0 Å². The van der Waals surface area contributed by atoms with Gasteiger partial charge in [-0.1, -0.05) is 20.8 Å². The monoisotopic (exact) mass is 235 g/mol. The van der Waals surface area contributed by atoms with E-state index in [-0.39, 0.29) is 11.3 Å². The van der Waals surface area contributed by atoms with Crippen LogP contribution in [0.25, 0.3) is 0 Å². The van der Waals surface area contributed by atoms with Crippen LogP contribution in [-0.4, -0.2) is 12.5 Å². The summed E-state index contributed by atoms with van der Waals surface area (Å²) in [6.45, 7) is 7.05. The van der Waals surface area contributed by atoms with E-state index in [0.717, 1.165) is 6.42 Å². The normalized spacial score (nSPS) is 11.2. The van der Waals surface area contributed by atoms with E-state index in [2.05, 4.69) is 26.1 Å². The zero-order valence-corrected chi connectivity index (χ0v) is 10.7. The molecule has 0 aromatic heterocycles. The SMILES string of the molecule is CC(C)(C)CCNC(=O)c1ccc(N)cc1N. The standard InChI is InChI=1S/C13H21N3O/c1-13(2,3)6-7-16-12(17)10-5-4-9(14)8-11(10)15/h4-5,8H,6-7,14-15H2,1-3H3,(H,16,17). The van der Waals surface area contributed by atoms with Gasteiger partial charge in [-0.2, -0.15) is 0 Å². The van der Waals surface area contributed by atoms with E-state index in [1.54, 1.807) is 18.2 Å². The van der Waals surface area contributed by atoms with E-state index in [4.69, 9.17) is 11.5 Å². The van der Waals surface area contributed by atoms with E-state index in [1.165, 1.54) is 0 Å². The van der Waals surface area contributed by atoms with Gasteiger partial charge in [0.25, 0.3) is 5.91 Å². The Kier molecular flexibility index (Phi) is 3.99. The van der Waals surface area contributed by atoms with E-state index in [1.807, 2.05) is 0 Å². The summed E-state index contributed by atoms with van der Waals surface area (Å²) in [5, 5.41) is 2.86. The zero-order chi connectivity index (χ0) is 13.1. The summed E-state index contributed by atoms with van der Waals surface area (Å²) in [6.07, 6.45) is 0.924. The molecule has 0 radical (unpaired) electrons. The third-order valence-corrected chi connectivity index (χ3v) is 2.48. The molecule has 1 amide bonds. The highest BCUT2D eigenvalue weighted by Gasteiger charge is 2.12. The fourth-order valence-electron chi connectivity index (χ4n) is 1.43. The van der Waals surface area contributed by atoms with Gasteiger partial charge >= 0.3 is 0 Å². The van der Waals surface area contributed by atoms with E-state index in [0.29, 0.717) is 23.5 Å². The zero-order valence-electron chi connectivity index (χ0n) is 10.7. The Morgan fingerprint density at radius 1 is 1.29 bits per heavy atom. The molecule has 17 heavy (non-hydrogen) atoms. The Morgan fingerprint density at radius 2 is 1.94 bits per heavy atom. The Hall–Kier alpha value is -1.71. The first-order valence-electron chi connectivity index (χ1n) is 5.73.